The van der Waals surface area contributed by atoms with Gasteiger partial charge in [0.25, 0.3) is 0 Å². The fourth-order valence-electron chi connectivity index (χ4n) is 1.87. The topological polar surface area (TPSA) is 37.3 Å². The Morgan fingerprint density at radius 3 is 2.70 bits per heavy atom. The van der Waals surface area contributed by atoms with Gasteiger partial charge in [0.1, 0.15) is 5.82 Å². The van der Waals surface area contributed by atoms with Crippen molar-refractivity contribution >= 4 is 34.4 Å². The van der Waals surface area contributed by atoms with Crippen molar-refractivity contribution in [1.29, 1.82) is 0 Å². The molecule has 0 spiro atoms. The zero-order chi connectivity index (χ0) is 15.9. The number of benzene rings is 2. The van der Waals surface area contributed by atoms with Gasteiger partial charge in [0.2, 0.25) is 5.13 Å². The first kappa shape index (κ1) is 15.7. The number of nitrogens with zero attached hydrogens (tertiary/aromatic N) is 2. The summed E-state index contributed by atoms with van der Waals surface area (Å²) in [5, 5.41) is 6.80. The Bertz CT molecular complexity index is 770. The van der Waals surface area contributed by atoms with E-state index in [0.29, 0.717) is 5.13 Å². The maximum absolute atomic E-state index is 12.9. The molecule has 0 bridgehead atoms. The summed E-state index contributed by atoms with van der Waals surface area (Å²) >= 11 is 3.18. The molecule has 2 aromatic carbocycles. The van der Waals surface area contributed by atoms with Gasteiger partial charge in [0, 0.05) is 27.8 Å². The average Bonchev–Trinajstić information content (AvgIpc) is 3.05. The van der Waals surface area contributed by atoms with Crippen LogP contribution in [-0.2, 0) is 0 Å². The van der Waals surface area contributed by atoms with E-state index in [4.69, 9.17) is 0 Å². The first-order valence-corrected chi connectivity index (χ1v) is 8.84. The fraction of sp³-hybridized carbons (Fsp3) is 0.0588. The van der Waals surface area contributed by atoms with E-state index in [1.807, 2.05) is 29.8 Å². The predicted molar refractivity (Wildman–Crippen MR) is 96.8 cm³/mol. The van der Waals surface area contributed by atoms with Crippen LogP contribution in [0, 0.1) is 5.82 Å². The lowest BCUT2D eigenvalue weighted by atomic mass is 10.2. The highest BCUT2D eigenvalue weighted by Gasteiger charge is 2.03. The van der Waals surface area contributed by atoms with Crippen molar-refractivity contribution in [2.45, 2.75) is 4.90 Å². The second-order valence-corrected chi connectivity index (χ2v) is 6.54. The number of thioether (sulfide) groups is 1. The van der Waals surface area contributed by atoms with Crippen LogP contribution in [0.5, 0.6) is 0 Å². The zero-order valence-electron chi connectivity index (χ0n) is 12.1. The Morgan fingerprint density at radius 2 is 1.91 bits per heavy atom. The Balaban J connectivity index is 1.51. The number of hydrogen-bond donors (Lipinski definition) is 1. The van der Waals surface area contributed by atoms with Gasteiger partial charge in [-0.1, -0.05) is 18.2 Å². The van der Waals surface area contributed by atoms with Crippen molar-refractivity contribution in [2.24, 2.45) is 5.10 Å². The molecule has 0 radical (unpaired) electrons. The molecule has 0 unspecified atom stereocenters. The summed E-state index contributed by atoms with van der Waals surface area (Å²) in [6.45, 7) is 0. The Morgan fingerprint density at radius 1 is 1.13 bits per heavy atom. The Labute approximate surface area is 142 Å². The monoisotopic (exact) mass is 343 g/mol. The molecule has 6 heteroatoms. The molecule has 0 aliphatic carbocycles. The van der Waals surface area contributed by atoms with Crippen molar-refractivity contribution < 1.29 is 4.39 Å². The molecule has 1 N–H and O–H groups in total. The highest BCUT2D eigenvalue weighted by Crippen LogP contribution is 2.25. The van der Waals surface area contributed by atoms with Gasteiger partial charge >= 0.3 is 0 Å². The van der Waals surface area contributed by atoms with Crippen LogP contribution in [-0.4, -0.2) is 17.0 Å². The highest BCUT2D eigenvalue weighted by molar-refractivity contribution is 7.99. The second-order valence-electron chi connectivity index (χ2n) is 4.59. The second kappa shape index (κ2) is 7.89. The van der Waals surface area contributed by atoms with Gasteiger partial charge in [-0.25, -0.2) is 9.37 Å². The number of rotatable bonds is 6. The Hall–Kier alpha value is -2.18. The molecule has 3 nitrogen and oxygen atoms in total. The number of anilines is 1. The lowest BCUT2D eigenvalue weighted by molar-refractivity contribution is 0.628. The van der Waals surface area contributed by atoms with Crippen molar-refractivity contribution in [3.8, 4) is 11.3 Å². The standard InChI is InChI=1S/C17H14FN3S2/c18-14-8-6-13(7-9-14)16-12-23-17(20-16)21-19-10-11-22-15-4-2-1-3-5-15/h1-10,12H,11H2,(H,20,21)/b19-10+. The summed E-state index contributed by atoms with van der Waals surface area (Å²) in [4.78, 5) is 5.64. The van der Waals surface area contributed by atoms with E-state index >= 15 is 0 Å². The number of hydrogen-bond acceptors (Lipinski definition) is 5. The van der Waals surface area contributed by atoms with Crippen molar-refractivity contribution in [3.05, 3.63) is 65.8 Å². The molecule has 1 aromatic heterocycles. The van der Waals surface area contributed by atoms with E-state index in [9.17, 15) is 4.39 Å². The van der Waals surface area contributed by atoms with Crippen LogP contribution < -0.4 is 5.43 Å². The maximum atomic E-state index is 12.9. The minimum atomic E-state index is -0.247. The van der Waals surface area contributed by atoms with Crippen LogP contribution >= 0.6 is 23.1 Å². The minimum absolute atomic E-state index is 0.247. The third kappa shape index (κ3) is 4.64. The van der Waals surface area contributed by atoms with E-state index in [1.54, 1.807) is 23.9 Å². The number of aromatic nitrogens is 1. The van der Waals surface area contributed by atoms with Gasteiger partial charge in [-0.05, 0) is 36.4 Å². The number of halogens is 1. The van der Waals surface area contributed by atoms with Crippen LogP contribution in [0.1, 0.15) is 0 Å². The van der Waals surface area contributed by atoms with Crippen molar-refractivity contribution in [1.82, 2.24) is 4.98 Å². The summed E-state index contributed by atoms with van der Waals surface area (Å²) in [6.07, 6.45) is 1.82. The smallest absolute Gasteiger partial charge is 0.203 e. The summed E-state index contributed by atoms with van der Waals surface area (Å²) in [5.41, 5.74) is 4.62. The molecule has 0 fully saturated rings. The quantitative estimate of drug-likeness (QED) is 0.382. The van der Waals surface area contributed by atoms with E-state index in [-0.39, 0.29) is 5.82 Å². The first-order valence-electron chi connectivity index (χ1n) is 6.98. The zero-order valence-corrected chi connectivity index (χ0v) is 13.8. The van der Waals surface area contributed by atoms with Crippen LogP contribution in [0.25, 0.3) is 11.3 Å². The third-order valence-electron chi connectivity index (χ3n) is 2.96. The average molecular weight is 343 g/mol. The van der Waals surface area contributed by atoms with E-state index in [1.165, 1.54) is 28.4 Å². The summed E-state index contributed by atoms with van der Waals surface area (Å²) in [7, 11) is 0. The molecule has 116 valence electrons. The molecular formula is C17H14FN3S2. The lowest BCUT2D eigenvalue weighted by Crippen LogP contribution is -1.90. The van der Waals surface area contributed by atoms with Crippen LogP contribution in [0.15, 0.2) is 70.0 Å². The highest BCUT2D eigenvalue weighted by atomic mass is 32.2. The van der Waals surface area contributed by atoms with Crippen LogP contribution in [0.3, 0.4) is 0 Å². The molecule has 0 aliphatic rings. The summed E-state index contributed by atoms with van der Waals surface area (Å²) < 4.78 is 12.9. The molecular weight excluding hydrogens is 329 g/mol. The SMILES string of the molecule is Fc1ccc(-c2csc(N/N=C/CSc3ccccc3)n2)cc1. The van der Waals surface area contributed by atoms with Gasteiger partial charge in [0.15, 0.2) is 0 Å². The van der Waals surface area contributed by atoms with E-state index < -0.39 is 0 Å². The fourth-order valence-corrected chi connectivity index (χ4v) is 3.23. The van der Waals surface area contributed by atoms with Crippen LogP contribution in [0.2, 0.25) is 0 Å². The van der Waals surface area contributed by atoms with Gasteiger partial charge in [-0.2, -0.15) is 5.10 Å². The molecule has 0 saturated carbocycles. The van der Waals surface area contributed by atoms with E-state index in [2.05, 4.69) is 27.6 Å². The number of hydrazone groups is 1. The van der Waals surface area contributed by atoms with Gasteiger partial charge in [-0.3, -0.25) is 5.43 Å². The molecule has 0 saturated heterocycles. The van der Waals surface area contributed by atoms with Crippen molar-refractivity contribution in [2.75, 3.05) is 11.2 Å². The van der Waals surface area contributed by atoms with Crippen molar-refractivity contribution in [3.63, 3.8) is 0 Å². The van der Waals surface area contributed by atoms with Gasteiger partial charge in [-0.15, -0.1) is 23.1 Å². The molecule has 0 atom stereocenters. The molecule has 3 aromatic rings. The van der Waals surface area contributed by atoms with Gasteiger partial charge in [0.05, 0.1) is 5.69 Å². The van der Waals surface area contributed by atoms with Gasteiger partial charge < -0.3 is 0 Å². The normalized spacial score (nSPS) is 11.0. The molecule has 23 heavy (non-hydrogen) atoms. The first-order chi connectivity index (χ1) is 11.3. The molecule has 0 aliphatic heterocycles. The third-order valence-corrected chi connectivity index (χ3v) is 4.63. The molecule has 1 heterocycles. The molecule has 0 amide bonds. The van der Waals surface area contributed by atoms with Crippen LogP contribution in [0.4, 0.5) is 9.52 Å². The maximum Gasteiger partial charge on any atom is 0.203 e. The summed E-state index contributed by atoms with van der Waals surface area (Å²) in [5.74, 6) is 0.538. The number of nitrogens with one attached hydrogen (secondary N) is 1. The predicted octanol–water partition coefficient (Wildman–Crippen LogP) is 5.14. The summed E-state index contributed by atoms with van der Waals surface area (Å²) in [6, 6.07) is 16.5. The largest absolute Gasteiger partial charge is 0.253 e. The minimum Gasteiger partial charge on any atom is -0.253 e. The lowest BCUT2D eigenvalue weighted by Gasteiger charge is -1.97. The number of thiazole rings is 1. The van der Waals surface area contributed by atoms with E-state index in [0.717, 1.165) is 17.0 Å². The molecule has 3 rings (SSSR count). The Kier molecular flexibility index (Phi) is 5.39.